The first-order valence-electron chi connectivity index (χ1n) is 6.14. The molecule has 3 N–H and O–H groups in total. The number of benzene rings is 1. The number of hydrogen-bond acceptors (Lipinski definition) is 5. The molecule has 19 heavy (non-hydrogen) atoms. The molecule has 102 valence electrons. The van der Waals surface area contributed by atoms with Gasteiger partial charge in [0.15, 0.2) is 5.13 Å². The fourth-order valence-electron chi connectivity index (χ4n) is 1.65. The summed E-state index contributed by atoms with van der Waals surface area (Å²) >= 11 is 1.49. The van der Waals surface area contributed by atoms with Gasteiger partial charge in [0.05, 0.1) is 4.88 Å². The highest BCUT2D eigenvalue weighted by Gasteiger charge is 2.13. The quantitative estimate of drug-likeness (QED) is 0.665. The molecule has 0 unspecified atom stereocenters. The van der Waals surface area contributed by atoms with Crippen molar-refractivity contribution >= 4 is 16.5 Å². The van der Waals surface area contributed by atoms with Gasteiger partial charge in [0.2, 0.25) is 0 Å². The van der Waals surface area contributed by atoms with Crippen molar-refractivity contribution in [2.45, 2.75) is 32.8 Å². The summed E-state index contributed by atoms with van der Waals surface area (Å²) in [6, 6.07) is 8.22. The third kappa shape index (κ3) is 3.68. The Balaban J connectivity index is 1.96. The summed E-state index contributed by atoms with van der Waals surface area (Å²) < 4.78 is 5.72. The molecule has 2 rings (SSSR count). The lowest BCUT2D eigenvalue weighted by Crippen LogP contribution is -2.10. The first-order valence-corrected chi connectivity index (χ1v) is 6.95. The number of nitrogens with two attached hydrogens (primary N) is 1. The summed E-state index contributed by atoms with van der Waals surface area (Å²) in [6.07, 6.45) is 1.77. The van der Waals surface area contributed by atoms with Gasteiger partial charge < -0.3 is 4.74 Å². The van der Waals surface area contributed by atoms with E-state index in [9.17, 15) is 0 Å². The Morgan fingerprint density at radius 1 is 1.26 bits per heavy atom. The zero-order chi connectivity index (χ0) is 13.9. The zero-order valence-corrected chi connectivity index (χ0v) is 12.3. The van der Waals surface area contributed by atoms with Crippen LogP contribution in [0, 0.1) is 0 Å². The van der Waals surface area contributed by atoms with Crippen LogP contribution < -0.4 is 16.0 Å². The highest BCUT2D eigenvalue weighted by Crippen LogP contribution is 2.25. The molecule has 1 heterocycles. The van der Waals surface area contributed by atoms with E-state index in [0.717, 1.165) is 10.6 Å². The number of nitrogens with zero attached hydrogens (tertiary/aromatic N) is 1. The number of ether oxygens (including phenoxy) is 1. The second-order valence-corrected chi connectivity index (χ2v) is 6.45. The van der Waals surface area contributed by atoms with Crippen LogP contribution in [-0.4, -0.2) is 4.98 Å². The first-order chi connectivity index (χ1) is 8.99. The third-order valence-electron chi connectivity index (χ3n) is 2.78. The van der Waals surface area contributed by atoms with Crippen molar-refractivity contribution < 1.29 is 4.74 Å². The van der Waals surface area contributed by atoms with Crippen molar-refractivity contribution in [1.29, 1.82) is 0 Å². The van der Waals surface area contributed by atoms with Gasteiger partial charge in [0, 0.05) is 6.20 Å². The number of aromatic nitrogens is 1. The molecule has 0 spiro atoms. The molecule has 0 saturated heterocycles. The van der Waals surface area contributed by atoms with Crippen molar-refractivity contribution in [3.63, 3.8) is 0 Å². The number of nitrogen functional groups attached to an aromatic ring is 1. The molecule has 2 aromatic rings. The highest BCUT2D eigenvalue weighted by molar-refractivity contribution is 7.15. The molecule has 0 saturated carbocycles. The van der Waals surface area contributed by atoms with Gasteiger partial charge in [-0.3, -0.25) is 5.43 Å². The van der Waals surface area contributed by atoms with Gasteiger partial charge in [-0.1, -0.05) is 44.2 Å². The monoisotopic (exact) mass is 277 g/mol. The van der Waals surface area contributed by atoms with Crippen LogP contribution in [0.15, 0.2) is 30.5 Å². The van der Waals surface area contributed by atoms with Crippen molar-refractivity contribution in [2.24, 2.45) is 5.84 Å². The van der Waals surface area contributed by atoms with Crippen LogP contribution in [0.3, 0.4) is 0 Å². The minimum atomic E-state index is 0.165. The maximum atomic E-state index is 5.72. The SMILES string of the molecule is CC(C)(C)c1ccc(OCc2cnc(NN)s2)cc1. The Morgan fingerprint density at radius 2 is 1.95 bits per heavy atom. The maximum absolute atomic E-state index is 5.72. The molecule has 0 amide bonds. The standard InChI is InChI=1S/C14H19N3OS/c1-14(2,3)10-4-6-11(7-5-10)18-9-12-8-16-13(17-15)19-12/h4-8H,9,15H2,1-3H3,(H,16,17). The van der Waals surface area contributed by atoms with Gasteiger partial charge in [-0.25, -0.2) is 10.8 Å². The Kier molecular flexibility index (Phi) is 4.07. The summed E-state index contributed by atoms with van der Waals surface area (Å²) in [4.78, 5) is 5.13. The predicted octanol–water partition coefficient (Wildman–Crippen LogP) is 3.31. The van der Waals surface area contributed by atoms with Crippen molar-refractivity contribution in [3.8, 4) is 5.75 Å². The van der Waals surface area contributed by atoms with Crippen LogP contribution in [0.1, 0.15) is 31.2 Å². The van der Waals surface area contributed by atoms with Gasteiger partial charge in [-0.05, 0) is 23.1 Å². The van der Waals surface area contributed by atoms with E-state index in [1.54, 1.807) is 6.20 Å². The van der Waals surface area contributed by atoms with E-state index in [1.807, 2.05) is 12.1 Å². The fraction of sp³-hybridized carbons (Fsp3) is 0.357. The summed E-state index contributed by atoms with van der Waals surface area (Å²) in [7, 11) is 0. The number of thiazole rings is 1. The predicted molar refractivity (Wildman–Crippen MR) is 79.4 cm³/mol. The van der Waals surface area contributed by atoms with Crippen LogP contribution in [0.2, 0.25) is 0 Å². The Morgan fingerprint density at radius 3 is 2.47 bits per heavy atom. The van der Waals surface area contributed by atoms with E-state index in [-0.39, 0.29) is 5.41 Å². The van der Waals surface area contributed by atoms with Crippen LogP contribution in [0.25, 0.3) is 0 Å². The van der Waals surface area contributed by atoms with Crippen LogP contribution >= 0.6 is 11.3 Å². The number of rotatable bonds is 4. The highest BCUT2D eigenvalue weighted by atomic mass is 32.1. The van der Waals surface area contributed by atoms with E-state index in [1.165, 1.54) is 16.9 Å². The van der Waals surface area contributed by atoms with E-state index in [0.29, 0.717) is 11.7 Å². The molecule has 0 atom stereocenters. The number of hydrogen-bond donors (Lipinski definition) is 2. The normalized spacial score (nSPS) is 11.4. The van der Waals surface area contributed by atoms with Crippen molar-refractivity contribution in [1.82, 2.24) is 4.98 Å². The molecule has 0 aliphatic rings. The maximum Gasteiger partial charge on any atom is 0.197 e. The zero-order valence-electron chi connectivity index (χ0n) is 11.4. The topological polar surface area (TPSA) is 60.2 Å². The third-order valence-corrected chi connectivity index (χ3v) is 3.68. The van der Waals surface area contributed by atoms with Gasteiger partial charge in [-0.2, -0.15) is 0 Å². The first kappa shape index (κ1) is 13.8. The lowest BCUT2D eigenvalue weighted by molar-refractivity contribution is 0.309. The van der Waals surface area contributed by atoms with Gasteiger partial charge in [-0.15, -0.1) is 0 Å². The lowest BCUT2D eigenvalue weighted by atomic mass is 9.87. The van der Waals surface area contributed by atoms with Gasteiger partial charge in [0.25, 0.3) is 0 Å². The molecular weight excluding hydrogens is 258 g/mol. The molecule has 1 aromatic heterocycles. The molecule has 4 nitrogen and oxygen atoms in total. The Labute approximate surface area is 117 Å². The average molecular weight is 277 g/mol. The van der Waals surface area contributed by atoms with Crippen LogP contribution in [0.5, 0.6) is 5.75 Å². The van der Waals surface area contributed by atoms with Gasteiger partial charge in [0.1, 0.15) is 12.4 Å². The minimum Gasteiger partial charge on any atom is -0.488 e. The molecular formula is C14H19N3OS. The Hall–Kier alpha value is -1.59. The van der Waals surface area contributed by atoms with Crippen LogP contribution in [0.4, 0.5) is 5.13 Å². The van der Waals surface area contributed by atoms with Crippen molar-refractivity contribution in [2.75, 3.05) is 5.43 Å². The molecule has 1 aromatic carbocycles. The molecule has 0 aliphatic heterocycles. The molecule has 0 radical (unpaired) electrons. The molecule has 5 heteroatoms. The average Bonchev–Trinajstić information content (AvgIpc) is 2.84. The number of nitrogens with one attached hydrogen (secondary N) is 1. The largest absolute Gasteiger partial charge is 0.488 e. The molecule has 0 bridgehead atoms. The summed E-state index contributed by atoms with van der Waals surface area (Å²) in [5.41, 5.74) is 3.98. The van der Waals surface area contributed by atoms with E-state index < -0.39 is 0 Å². The summed E-state index contributed by atoms with van der Waals surface area (Å²) in [5, 5.41) is 0.696. The van der Waals surface area contributed by atoms with Crippen molar-refractivity contribution in [3.05, 3.63) is 40.9 Å². The Bertz CT molecular complexity index is 528. The molecule has 0 aliphatic carbocycles. The second-order valence-electron chi connectivity index (χ2n) is 5.34. The van der Waals surface area contributed by atoms with E-state index in [2.05, 4.69) is 43.3 Å². The van der Waals surface area contributed by atoms with Gasteiger partial charge >= 0.3 is 0 Å². The second kappa shape index (κ2) is 5.59. The van der Waals surface area contributed by atoms with E-state index >= 15 is 0 Å². The van der Waals surface area contributed by atoms with Crippen LogP contribution in [-0.2, 0) is 12.0 Å². The van der Waals surface area contributed by atoms with E-state index in [4.69, 9.17) is 10.6 Å². The lowest BCUT2D eigenvalue weighted by Gasteiger charge is -2.19. The summed E-state index contributed by atoms with van der Waals surface area (Å²) in [5.74, 6) is 6.15. The number of anilines is 1. The smallest absolute Gasteiger partial charge is 0.197 e. The fourth-order valence-corrected chi connectivity index (χ4v) is 2.28. The minimum absolute atomic E-state index is 0.165. The number of hydrazine groups is 1. The summed E-state index contributed by atoms with van der Waals surface area (Å²) in [6.45, 7) is 7.10. The molecule has 0 fully saturated rings.